The summed E-state index contributed by atoms with van der Waals surface area (Å²) in [6.07, 6.45) is 0.688. The zero-order chi connectivity index (χ0) is 30.1. The molecular weight excluding hydrogens is 542 g/mol. The summed E-state index contributed by atoms with van der Waals surface area (Å²) >= 11 is 1.73. The van der Waals surface area contributed by atoms with E-state index in [1.54, 1.807) is 29.5 Å². The molecule has 0 spiro atoms. The second-order valence-corrected chi connectivity index (χ2v) is 12.5. The highest BCUT2D eigenvalue weighted by Crippen LogP contribution is 2.26. The van der Waals surface area contributed by atoms with Crippen molar-refractivity contribution in [3.05, 3.63) is 128 Å². The number of aryl methyl sites for hydroxylation is 3. The fourth-order valence-corrected chi connectivity index (χ4v) is 5.83. The fourth-order valence-electron chi connectivity index (χ4n) is 4.94. The normalized spacial score (nSPS) is 13.3. The molecule has 0 saturated carbocycles. The number of nitrogens with one attached hydrogen (secondary N) is 3. The molecule has 0 aliphatic carbocycles. The van der Waals surface area contributed by atoms with E-state index in [2.05, 4.69) is 66.2 Å². The smallest absolute Gasteiger partial charge is 0.252 e. The molecule has 0 radical (unpaired) electrons. The molecule has 1 aromatic heterocycles. The minimum atomic E-state index is -1.07. The molecule has 1 heterocycles. The molecule has 2 atom stereocenters. The maximum Gasteiger partial charge on any atom is 0.252 e. The largest absolute Gasteiger partial charge is 0.389 e. The lowest BCUT2D eigenvalue weighted by atomic mass is 9.85. The molecule has 0 bridgehead atoms. The van der Waals surface area contributed by atoms with Crippen molar-refractivity contribution in [2.45, 2.75) is 52.2 Å². The number of aliphatic hydroxyl groups is 1. The van der Waals surface area contributed by atoms with Gasteiger partial charge in [0.15, 0.2) is 0 Å². The number of thiophene rings is 1. The minimum Gasteiger partial charge on any atom is -0.389 e. The zero-order valence-electron chi connectivity index (χ0n) is 24.9. The monoisotopic (exact) mass is 583 g/mol. The van der Waals surface area contributed by atoms with Crippen molar-refractivity contribution in [1.29, 1.82) is 0 Å². The van der Waals surface area contributed by atoms with Crippen LogP contribution in [-0.2, 0) is 18.4 Å². The van der Waals surface area contributed by atoms with Crippen LogP contribution in [0.15, 0.2) is 84.9 Å². The molecule has 0 aliphatic heterocycles. The highest BCUT2D eigenvalue weighted by atomic mass is 32.1. The van der Waals surface area contributed by atoms with E-state index in [0.29, 0.717) is 30.8 Å². The van der Waals surface area contributed by atoms with Gasteiger partial charge in [0.2, 0.25) is 0 Å². The highest BCUT2D eigenvalue weighted by molar-refractivity contribution is 7.11. The molecule has 220 valence electrons. The average molecular weight is 584 g/mol. The fraction of sp³-hybridized carbons (Fsp3) is 0.314. The maximum atomic E-state index is 13.6. The van der Waals surface area contributed by atoms with Crippen LogP contribution < -0.4 is 16.0 Å². The molecule has 7 heteroatoms. The van der Waals surface area contributed by atoms with E-state index >= 15 is 0 Å². The lowest BCUT2D eigenvalue weighted by Gasteiger charge is -2.36. The Hall–Kier alpha value is -3.78. The molecule has 0 aliphatic rings. The Morgan fingerprint density at radius 3 is 2.17 bits per heavy atom. The molecule has 42 heavy (non-hydrogen) atoms. The van der Waals surface area contributed by atoms with Gasteiger partial charge in [-0.2, -0.15) is 0 Å². The van der Waals surface area contributed by atoms with E-state index in [0.717, 1.165) is 24.0 Å². The van der Waals surface area contributed by atoms with E-state index < -0.39 is 11.6 Å². The van der Waals surface area contributed by atoms with E-state index in [1.165, 1.54) is 20.9 Å². The first-order valence-corrected chi connectivity index (χ1v) is 15.2. The predicted octanol–water partition coefficient (Wildman–Crippen LogP) is 5.48. The van der Waals surface area contributed by atoms with E-state index in [-0.39, 0.29) is 11.8 Å². The predicted molar refractivity (Wildman–Crippen MR) is 171 cm³/mol. The molecule has 3 aromatic carbocycles. The molecule has 4 N–H and O–H groups in total. The highest BCUT2D eigenvalue weighted by Gasteiger charge is 2.36. The van der Waals surface area contributed by atoms with Crippen LogP contribution in [0.25, 0.3) is 0 Å². The van der Waals surface area contributed by atoms with Gasteiger partial charge < -0.3 is 21.1 Å². The Morgan fingerprint density at radius 2 is 1.50 bits per heavy atom. The lowest BCUT2D eigenvalue weighted by molar-refractivity contribution is 0.0557. The molecule has 0 saturated heterocycles. The second kappa shape index (κ2) is 14.4. The average Bonchev–Trinajstić information content (AvgIpc) is 3.40. The third kappa shape index (κ3) is 8.38. The van der Waals surface area contributed by atoms with Crippen LogP contribution in [0.1, 0.15) is 59.6 Å². The second-order valence-electron chi connectivity index (χ2n) is 11.1. The number of carbonyl (C=O) groups is 2. The first-order valence-electron chi connectivity index (χ1n) is 14.4. The van der Waals surface area contributed by atoms with Gasteiger partial charge in [-0.05, 0) is 94.1 Å². The van der Waals surface area contributed by atoms with Gasteiger partial charge in [-0.15, -0.1) is 11.3 Å². The SMILES string of the molecule is Cc1ccc(CCNC[C@@H](O)[C@@](C)(NC(=O)c2cc(C)cc(C(=O)NCCc3ccc(C)s3)c2)c2ccccc2)cc1. The molecular formula is C35H41N3O3S. The van der Waals surface area contributed by atoms with Crippen LogP contribution in [0, 0.1) is 20.8 Å². The van der Waals surface area contributed by atoms with Crippen LogP contribution in [0.4, 0.5) is 0 Å². The Morgan fingerprint density at radius 1 is 0.810 bits per heavy atom. The van der Waals surface area contributed by atoms with Crippen LogP contribution in [0.3, 0.4) is 0 Å². The molecule has 4 rings (SSSR count). The third-order valence-electron chi connectivity index (χ3n) is 7.52. The van der Waals surface area contributed by atoms with Gasteiger partial charge in [0.25, 0.3) is 11.8 Å². The summed E-state index contributed by atoms with van der Waals surface area (Å²) in [6.45, 7) is 9.34. The Balaban J connectivity index is 1.43. The molecule has 2 amide bonds. The van der Waals surface area contributed by atoms with Crippen LogP contribution >= 0.6 is 11.3 Å². The Kier molecular flexibility index (Phi) is 10.7. The number of aliphatic hydroxyl groups excluding tert-OH is 1. The van der Waals surface area contributed by atoms with Gasteiger partial charge in [-0.1, -0.05) is 60.2 Å². The number of hydrogen-bond acceptors (Lipinski definition) is 5. The number of benzene rings is 3. The standard InChI is InChI=1S/C35H41N3O3S/c1-24-10-13-27(14-11-24)16-18-36-23-32(39)35(4,30-8-6-5-7-9-30)38-34(41)29-21-25(2)20-28(22-29)33(40)37-19-17-31-15-12-26(3)42-31/h5-15,20-22,32,36,39H,16-19,23H2,1-4H3,(H,37,40)(H,38,41)/t32-,35+/m1/s1. The van der Waals surface area contributed by atoms with Crippen molar-refractivity contribution < 1.29 is 14.7 Å². The van der Waals surface area contributed by atoms with Gasteiger partial charge in [0.05, 0.1) is 11.6 Å². The molecule has 0 unspecified atom stereocenters. The number of carbonyl (C=O) groups excluding carboxylic acids is 2. The van der Waals surface area contributed by atoms with Crippen LogP contribution in [0.5, 0.6) is 0 Å². The zero-order valence-corrected chi connectivity index (χ0v) is 25.7. The van der Waals surface area contributed by atoms with Gasteiger partial charge in [-0.3, -0.25) is 9.59 Å². The van der Waals surface area contributed by atoms with E-state index in [9.17, 15) is 14.7 Å². The number of hydrogen-bond donors (Lipinski definition) is 4. The summed E-state index contributed by atoms with van der Waals surface area (Å²) in [5.74, 6) is -0.573. The van der Waals surface area contributed by atoms with Gasteiger partial charge >= 0.3 is 0 Å². The van der Waals surface area contributed by atoms with Crippen molar-refractivity contribution in [1.82, 2.24) is 16.0 Å². The van der Waals surface area contributed by atoms with Crippen molar-refractivity contribution in [2.75, 3.05) is 19.6 Å². The third-order valence-corrected chi connectivity index (χ3v) is 8.58. The molecule has 4 aromatic rings. The van der Waals surface area contributed by atoms with Crippen molar-refractivity contribution in [2.24, 2.45) is 0 Å². The maximum absolute atomic E-state index is 13.6. The molecule has 0 fully saturated rings. The first kappa shape index (κ1) is 31.2. The molecule has 6 nitrogen and oxygen atoms in total. The Labute approximate surface area is 253 Å². The van der Waals surface area contributed by atoms with Gasteiger partial charge in [0, 0.05) is 34.0 Å². The van der Waals surface area contributed by atoms with Crippen LogP contribution in [0.2, 0.25) is 0 Å². The summed E-state index contributed by atoms with van der Waals surface area (Å²) in [6, 6.07) is 27.2. The van der Waals surface area contributed by atoms with Gasteiger partial charge in [0.1, 0.15) is 0 Å². The topological polar surface area (TPSA) is 90.5 Å². The lowest BCUT2D eigenvalue weighted by Crippen LogP contribution is -2.55. The minimum absolute atomic E-state index is 0.218. The Bertz CT molecular complexity index is 1480. The van der Waals surface area contributed by atoms with Crippen LogP contribution in [-0.4, -0.2) is 42.7 Å². The van der Waals surface area contributed by atoms with E-state index in [1.807, 2.05) is 44.2 Å². The van der Waals surface area contributed by atoms with Crippen molar-refractivity contribution in [3.63, 3.8) is 0 Å². The summed E-state index contributed by atoms with van der Waals surface area (Å²) in [7, 11) is 0. The summed E-state index contributed by atoms with van der Waals surface area (Å²) in [4.78, 5) is 29.1. The van der Waals surface area contributed by atoms with E-state index in [4.69, 9.17) is 0 Å². The van der Waals surface area contributed by atoms with Gasteiger partial charge in [-0.25, -0.2) is 0 Å². The summed E-state index contributed by atoms with van der Waals surface area (Å²) in [5.41, 5.74) is 3.78. The van der Waals surface area contributed by atoms with Crippen molar-refractivity contribution >= 4 is 23.2 Å². The van der Waals surface area contributed by atoms with Crippen molar-refractivity contribution in [3.8, 4) is 0 Å². The summed E-state index contributed by atoms with van der Waals surface area (Å²) in [5, 5.41) is 20.8. The number of amides is 2. The quantitative estimate of drug-likeness (QED) is 0.157. The number of rotatable bonds is 13. The summed E-state index contributed by atoms with van der Waals surface area (Å²) < 4.78 is 0. The first-order chi connectivity index (χ1) is 20.1.